The van der Waals surface area contributed by atoms with E-state index in [0.717, 1.165) is 28.9 Å². The van der Waals surface area contributed by atoms with Crippen LogP contribution in [0.25, 0.3) is 39.2 Å². The molecule has 0 radical (unpaired) electrons. The topological polar surface area (TPSA) is 125 Å². The van der Waals surface area contributed by atoms with Crippen molar-refractivity contribution in [1.29, 1.82) is 0 Å². The maximum atomic E-state index is 14.2. The average Bonchev–Trinajstić information content (AvgIpc) is 3.59. The Morgan fingerprint density at radius 2 is 1.85 bits per heavy atom. The molecule has 0 aliphatic heterocycles. The normalized spacial score (nSPS) is 11.4. The Morgan fingerprint density at radius 1 is 1.05 bits per heavy atom. The maximum absolute atomic E-state index is 14.2. The second kappa shape index (κ2) is 10.4. The number of hydrogen-bond acceptors (Lipinski definition) is 7. The van der Waals surface area contributed by atoms with Crippen LogP contribution in [0.15, 0.2) is 76.6 Å². The molecule has 206 valence electrons. The van der Waals surface area contributed by atoms with E-state index in [4.69, 9.17) is 15.2 Å². The van der Waals surface area contributed by atoms with Crippen LogP contribution >= 0.6 is 0 Å². The van der Waals surface area contributed by atoms with Gasteiger partial charge in [-0.3, -0.25) is 19.8 Å². The molecule has 2 N–H and O–H groups in total. The first-order valence-corrected chi connectivity index (χ1v) is 13.4. The van der Waals surface area contributed by atoms with E-state index < -0.39 is 0 Å². The number of nitrogen functional groups attached to an aromatic ring is 1. The summed E-state index contributed by atoms with van der Waals surface area (Å²) >= 11 is 0. The van der Waals surface area contributed by atoms with Gasteiger partial charge in [0, 0.05) is 32.2 Å². The minimum atomic E-state index is -0.104. The fraction of sp³-hybridized carbons (Fsp3) is 0.233. The third kappa shape index (κ3) is 4.75. The predicted molar refractivity (Wildman–Crippen MR) is 153 cm³/mol. The fourth-order valence-electron chi connectivity index (χ4n) is 5.25. The Balaban J connectivity index is 1.40. The standard InChI is InChI=1S/C30H30N9O2/c1-19-26(29-33-20(2)35-41-29)28(31)36(3)18-38(19)15-9-14-25-34-24-13-8-12-23(21-16-32-37(4)17-21)27(24)30(40)39(25)22-10-6-5-7-11-22/h5-8,10-13,16-18,31H,9,14-15H2,1-4H3/q+1/p+1. The molecule has 0 spiro atoms. The van der Waals surface area contributed by atoms with Gasteiger partial charge in [0.15, 0.2) is 17.1 Å². The Bertz CT molecular complexity index is 1960. The molecule has 4 aromatic heterocycles. The molecule has 11 heteroatoms. The van der Waals surface area contributed by atoms with E-state index in [9.17, 15) is 4.79 Å². The van der Waals surface area contributed by atoms with Gasteiger partial charge in [-0.2, -0.15) is 14.6 Å². The van der Waals surface area contributed by atoms with E-state index in [0.29, 0.717) is 52.8 Å². The summed E-state index contributed by atoms with van der Waals surface area (Å²) in [5, 5.41) is 8.81. The maximum Gasteiger partial charge on any atom is 0.348 e. The van der Waals surface area contributed by atoms with E-state index >= 15 is 0 Å². The molecule has 4 heterocycles. The van der Waals surface area contributed by atoms with Gasteiger partial charge in [0.2, 0.25) is 0 Å². The lowest BCUT2D eigenvalue weighted by molar-refractivity contribution is -0.812. The Kier molecular flexibility index (Phi) is 6.62. The zero-order valence-electron chi connectivity index (χ0n) is 23.4. The highest BCUT2D eigenvalue weighted by atomic mass is 16.5. The molecule has 6 aromatic rings. The summed E-state index contributed by atoms with van der Waals surface area (Å²) in [6.07, 6.45) is 6.93. The minimum Gasteiger partial charge on any atom is -0.333 e. The summed E-state index contributed by atoms with van der Waals surface area (Å²) in [6, 6.07) is 15.4. The van der Waals surface area contributed by atoms with Crippen molar-refractivity contribution in [1.82, 2.24) is 29.5 Å². The predicted octanol–water partition coefficient (Wildman–Crippen LogP) is 2.78. The van der Waals surface area contributed by atoms with Crippen molar-refractivity contribution < 1.29 is 13.7 Å². The summed E-state index contributed by atoms with van der Waals surface area (Å²) in [5.41, 5.74) is 11.0. The zero-order valence-corrected chi connectivity index (χ0v) is 23.4. The van der Waals surface area contributed by atoms with E-state index in [1.807, 2.05) is 86.6 Å². The number of anilines is 1. The molecule has 0 aliphatic carbocycles. The van der Waals surface area contributed by atoms with Gasteiger partial charge in [0.25, 0.3) is 11.4 Å². The molecule has 6 rings (SSSR count). The van der Waals surface area contributed by atoms with Crippen LogP contribution in [-0.4, -0.2) is 29.5 Å². The van der Waals surface area contributed by atoms with Crippen LogP contribution in [0.5, 0.6) is 0 Å². The molecule has 0 bridgehead atoms. The first kappa shape index (κ1) is 26.1. The molecular formula is C30H31N9O2+2. The summed E-state index contributed by atoms with van der Waals surface area (Å²) < 4.78 is 12.8. The van der Waals surface area contributed by atoms with Gasteiger partial charge < -0.3 is 4.52 Å². The molecule has 0 aliphatic rings. The fourth-order valence-corrected chi connectivity index (χ4v) is 5.25. The Labute approximate surface area is 236 Å². The van der Waals surface area contributed by atoms with Crippen molar-refractivity contribution in [3.05, 3.63) is 94.9 Å². The number of benzene rings is 2. The van der Waals surface area contributed by atoms with E-state index in [-0.39, 0.29) is 5.56 Å². The molecule has 0 fully saturated rings. The number of para-hydroxylation sites is 1. The molecule has 11 nitrogen and oxygen atoms in total. The lowest BCUT2D eigenvalue weighted by atomic mass is 10.0. The minimum absolute atomic E-state index is 0.104. The van der Waals surface area contributed by atoms with Crippen LogP contribution < -0.4 is 20.4 Å². The highest BCUT2D eigenvalue weighted by molar-refractivity contribution is 5.94. The largest absolute Gasteiger partial charge is 0.348 e. The van der Waals surface area contributed by atoms with Crippen molar-refractivity contribution in [2.75, 3.05) is 5.73 Å². The second-order valence-electron chi connectivity index (χ2n) is 10.1. The molecule has 2 aromatic carbocycles. The van der Waals surface area contributed by atoms with Crippen LogP contribution in [0.3, 0.4) is 0 Å². The zero-order chi connectivity index (χ0) is 28.7. The number of aryl methyl sites for hydroxylation is 5. The quantitative estimate of drug-likeness (QED) is 0.304. The summed E-state index contributed by atoms with van der Waals surface area (Å²) in [4.78, 5) is 23.6. The van der Waals surface area contributed by atoms with Crippen molar-refractivity contribution in [2.24, 2.45) is 14.1 Å². The van der Waals surface area contributed by atoms with Crippen LogP contribution in [0.1, 0.15) is 23.8 Å². The van der Waals surface area contributed by atoms with Gasteiger partial charge in [-0.1, -0.05) is 35.5 Å². The molecular weight excluding hydrogens is 518 g/mol. The first-order valence-electron chi connectivity index (χ1n) is 13.4. The third-order valence-electron chi connectivity index (χ3n) is 7.28. The van der Waals surface area contributed by atoms with E-state index in [1.54, 1.807) is 22.4 Å². The average molecular weight is 550 g/mol. The van der Waals surface area contributed by atoms with Gasteiger partial charge >= 0.3 is 12.1 Å². The van der Waals surface area contributed by atoms with Crippen molar-refractivity contribution >= 4 is 16.7 Å². The van der Waals surface area contributed by atoms with Crippen molar-refractivity contribution in [3.63, 3.8) is 0 Å². The molecule has 0 saturated carbocycles. The number of nitrogens with zero attached hydrogens (tertiary/aromatic N) is 8. The summed E-state index contributed by atoms with van der Waals surface area (Å²) in [6.45, 7) is 4.43. The molecule has 0 atom stereocenters. The molecule has 0 amide bonds. The van der Waals surface area contributed by atoms with Crippen LogP contribution in [0.2, 0.25) is 0 Å². The van der Waals surface area contributed by atoms with Crippen LogP contribution in [0.4, 0.5) is 5.82 Å². The summed E-state index contributed by atoms with van der Waals surface area (Å²) in [5.74, 6) is 2.18. The van der Waals surface area contributed by atoms with Gasteiger partial charge in [0.1, 0.15) is 19.4 Å². The number of hydrogen-bond donors (Lipinski definition) is 1. The monoisotopic (exact) mass is 549 g/mol. The van der Waals surface area contributed by atoms with E-state index in [2.05, 4.69) is 19.8 Å². The van der Waals surface area contributed by atoms with Crippen molar-refractivity contribution in [3.8, 4) is 28.3 Å². The van der Waals surface area contributed by atoms with Gasteiger partial charge in [-0.05, 0) is 37.1 Å². The van der Waals surface area contributed by atoms with Gasteiger partial charge in [-0.25, -0.2) is 9.55 Å². The highest BCUT2D eigenvalue weighted by Crippen LogP contribution is 2.27. The first-order chi connectivity index (χ1) is 19.8. The number of rotatable bonds is 7. The van der Waals surface area contributed by atoms with Crippen LogP contribution in [0, 0.1) is 13.8 Å². The Morgan fingerprint density at radius 3 is 2.56 bits per heavy atom. The molecule has 0 unspecified atom stereocenters. The molecule has 41 heavy (non-hydrogen) atoms. The summed E-state index contributed by atoms with van der Waals surface area (Å²) in [7, 11) is 3.75. The second-order valence-corrected chi connectivity index (χ2v) is 10.1. The van der Waals surface area contributed by atoms with Gasteiger partial charge in [0.05, 0.1) is 22.8 Å². The van der Waals surface area contributed by atoms with E-state index in [1.165, 1.54) is 0 Å². The van der Waals surface area contributed by atoms with Crippen LogP contribution in [-0.2, 0) is 27.1 Å². The number of aromatic nitrogens is 8. The third-order valence-corrected chi connectivity index (χ3v) is 7.28. The number of fused-ring (bicyclic) bond motifs is 1. The lowest BCUT2D eigenvalue weighted by Gasteiger charge is -2.15. The molecule has 0 saturated heterocycles. The smallest absolute Gasteiger partial charge is 0.333 e. The lowest BCUT2D eigenvalue weighted by Crippen LogP contribution is -2.49. The van der Waals surface area contributed by atoms with Gasteiger partial charge in [-0.15, -0.1) is 0 Å². The highest BCUT2D eigenvalue weighted by Gasteiger charge is 2.28. The Hall–Kier alpha value is -5.19. The SMILES string of the molecule is Cc1noc(-c2c(N)[n+](C)c[n+](CCCc3nc4cccc(-c5cnn(C)c5)c4c(=O)n3-c3ccccc3)c2C)n1. The number of nitrogens with two attached hydrogens (primary N) is 1. The van der Waals surface area contributed by atoms with Crippen molar-refractivity contribution in [2.45, 2.75) is 33.2 Å².